The zero-order chi connectivity index (χ0) is 13.9. The van der Waals surface area contributed by atoms with E-state index in [0.717, 1.165) is 16.0 Å². The number of pyridine rings is 1. The minimum Gasteiger partial charge on any atom is -0.305 e. The quantitative estimate of drug-likeness (QED) is 0.938. The van der Waals surface area contributed by atoms with Crippen LogP contribution < -0.4 is 5.32 Å². The number of halogens is 1. The Balaban J connectivity index is 1.95. The van der Waals surface area contributed by atoms with Crippen LogP contribution in [0.2, 0.25) is 0 Å². The highest BCUT2D eigenvalue weighted by Gasteiger charge is 2.10. The lowest BCUT2D eigenvalue weighted by Crippen LogP contribution is -2.35. The van der Waals surface area contributed by atoms with Crippen molar-refractivity contribution >= 4 is 15.9 Å². The van der Waals surface area contributed by atoms with Crippen LogP contribution in [-0.4, -0.2) is 25.3 Å². The third-order valence-corrected chi connectivity index (χ3v) is 2.94. The maximum Gasteiger partial charge on any atom is 0.164 e. The lowest BCUT2D eigenvalue weighted by molar-refractivity contribution is 0.417. The van der Waals surface area contributed by atoms with Crippen molar-refractivity contribution in [3.05, 3.63) is 40.6 Å². The summed E-state index contributed by atoms with van der Waals surface area (Å²) in [5.41, 5.74) is 1.03. The molecule has 0 aromatic carbocycles. The van der Waals surface area contributed by atoms with Crippen molar-refractivity contribution in [3.8, 4) is 0 Å². The van der Waals surface area contributed by atoms with Gasteiger partial charge in [-0.15, -0.1) is 0 Å². The fourth-order valence-corrected chi connectivity index (χ4v) is 1.74. The molecule has 0 amide bonds. The fraction of sp³-hybridized carbons (Fsp3) is 0.462. The number of aromatic nitrogens is 4. The molecule has 5 nitrogen and oxygen atoms in total. The number of nitrogens with zero attached hydrogens (tertiary/aromatic N) is 4. The number of hydrogen-bond acceptors (Lipinski definition) is 4. The van der Waals surface area contributed by atoms with Gasteiger partial charge in [-0.1, -0.05) is 0 Å². The molecule has 19 heavy (non-hydrogen) atoms. The van der Waals surface area contributed by atoms with Crippen LogP contribution in [0.25, 0.3) is 0 Å². The summed E-state index contributed by atoms with van der Waals surface area (Å²) in [6.45, 7) is 7.67. The summed E-state index contributed by atoms with van der Waals surface area (Å²) in [7, 11) is 0. The Morgan fingerprint density at radius 1 is 1.26 bits per heavy atom. The molecule has 2 aromatic heterocycles. The van der Waals surface area contributed by atoms with Gasteiger partial charge in [0.05, 0.1) is 18.8 Å². The van der Waals surface area contributed by atoms with Gasteiger partial charge >= 0.3 is 0 Å². The minimum atomic E-state index is 0.0682. The van der Waals surface area contributed by atoms with Gasteiger partial charge < -0.3 is 5.32 Å². The molecule has 0 fully saturated rings. The fourth-order valence-electron chi connectivity index (χ4n) is 1.50. The predicted octanol–water partition coefficient (Wildman–Crippen LogP) is 2.37. The molecule has 0 radical (unpaired) electrons. The molecule has 0 spiro atoms. The second kappa shape index (κ2) is 5.79. The van der Waals surface area contributed by atoms with Gasteiger partial charge in [-0.25, -0.2) is 9.67 Å². The monoisotopic (exact) mass is 323 g/mol. The maximum atomic E-state index is 4.42. The summed E-state index contributed by atoms with van der Waals surface area (Å²) in [5, 5.41) is 7.79. The van der Waals surface area contributed by atoms with E-state index in [1.807, 2.05) is 12.1 Å². The molecule has 0 saturated heterocycles. The molecule has 102 valence electrons. The highest BCUT2D eigenvalue weighted by Crippen LogP contribution is 2.08. The molecule has 2 heterocycles. The second-order valence-corrected chi connectivity index (χ2v) is 6.35. The highest BCUT2D eigenvalue weighted by molar-refractivity contribution is 9.10. The van der Waals surface area contributed by atoms with Crippen molar-refractivity contribution in [1.82, 2.24) is 25.1 Å². The molecule has 2 rings (SSSR count). The molecule has 0 atom stereocenters. The summed E-state index contributed by atoms with van der Waals surface area (Å²) < 4.78 is 2.78. The average Bonchev–Trinajstić information content (AvgIpc) is 2.77. The molecule has 1 N–H and O–H groups in total. The van der Waals surface area contributed by atoms with E-state index in [2.05, 4.69) is 57.1 Å². The first kappa shape index (κ1) is 14.1. The Bertz CT molecular complexity index is 527. The number of rotatable bonds is 4. The van der Waals surface area contributed by atoms with Crippen LogP contribution >= 0.6 is 15.9 Å². The van der Waals surface area contributed by atoms with Crippen LogP contribution in [-0.2, 0) is 13.1 Å². The molecule has 0 aliphatic carbocycles. The zero-order valence-electron chi connectivity index (χ0n) is 11.4. The van der Waals surface area contributed by atoms with Gasteiger partial charge in [0.15, 0.2) is 5.82 Å². The molecule has 2 aromatic rings. The lowest BCUT2D eigenvalue weighted by atomic mass is 10.1. The van der Waals surface area contributed by atoms with Crippen molar-refractivity contribution in [2.45, 2.75) is 39.4 Å². The lowest BCUT2D eigenvalue weighted by Gasteiger charge is -2.19. The number of hydrogen-bond donors (Lipinski definition) is 1. The van der Waals surface area contributed by atoms with Crippen LogP contribution in [0.15, 0.2) is 29.1 Å². The van der Waals surface area contributed by atoms with Gasteiger partial charge in [0.2, 0.25) is 0 Å². The van der Waals surface area contributed by atoms with Crippen LogP contribution in [0.4, 0.5) is 0 Å². The Labute approximate surface area is 121 Å². The van der Waals surface area contributed by atoms with Crippen LogP contribution in [0.1, 0.15) is 32.3 Å². The summed E-state index contributed by atoms with van der Waals surface area (Å²) in [4.78, 5) is 8.60. The Hall–Kier alpha value is -1.27. The maximum absolute atomic E-state index is 4.42. The van der Waals surface area contributed by atoms with E-state index < -0.39 is 0 Å². The molecule has 6 heteroatoms. The first-order chi connectivity index (χ1) is 8.92. The van der Waals surface area contributed by atoms with Crippen LogP contribution in [0, 0.1) is 0 Å². The van der Waals surface area contributed by atoms with Gasteiger partial charge in [-0.05, 0) is 48.8 Å². The van der Waals surface area contributed by atoms with E-state index in [1.54, 1.807) is 17.2 Å². The SMILES string of the molecule is CC(C)(C)NCc1ncn(Cc2ccc(Br)cn2)n1. The molecular formula is C13H18BrN5. The van der Waals surface area contributed by atoms with Crippen molar-refractivity contribution in [1.29, 1.82) is 0 Å². The summed E-state index contributed by atoms with van der Waals surface area (Å²) in [6.07, 6.45) is 3.53. The van der Waals surface area contributed by atoms with Crippen molar-refractivity contribution in [2.75, 3.05) is 0 Å². The van der Waals surface area contributed by atoms with E-state index in [-0.39, 0.29) is 5.54 Å². The highest BCUT2D eigenvalue weighted by atomic mass is 79.9. The molecule has 0 unspecified atom stereocenters. The van der Waals surface area contributed by atoms with E-state index in [4.69, 9.17) is 0 Å². The van der Waals surface area contributed by atoms with E-state index >= 15 is 0 Å². The van der Waals surface area contributed by atoms with Crippen LogP contribution in [0.3, 0.4) is 0 Å². The largest absolute Gasteiger partial charge is 0.305 e. The first-order valence-corrected chi connectivity index (χ1v) is 6.95. The van der Waals surface area contributed by atoms with Gasteiger partial charge in [0.25, 0.3) is 0 Å². The third kappa shape index (κ3) is 4.72. The Kier molecular flexibility index (Phi) is 4.31. The summed E-state index contributed by atoms with van der Waals surface area (Å²) in [5.74, 6) is 0.798. The van der Waals surface area contributed by atoms with Crippen molar-refractivity contribution < 1.29 is 0 Å². The minimum absolute atomic E-state index is 0.0682. The van der Waals surface area contributed by atoms with E-state index in [1.165, 1.54) is 0 Å². The smallest absolute Gasteiger partial charge is 0.164 e. The Morgan fingerprint density at radius 2 is 2.05 bits per heavy atom. The van der Waals surface area contributed by atoms with Crippen molar-refractivity contribution in [2.24, 2.45) is 0 Å². The molecular weight excluding hydrogens is 306 g/mol. The third-order valence-electron chi connectivity index (χ3n) is 2.47. The zero-order valence-corrected chi connectivity index (χ0v) is 13.0. The van der Waals surface area contributed by atoms with Gasteiger partial charge in [0.1, 0.15) is 6.33 Å². The van der Waals surface area contributed by atoms with E-state index in [0.29, 0.717) is 13.1 Å². The first-order valence-electron chi connectivity index (χ1n) is 6.16. The molecule has 0 bridgehead atoms. The van der Waals surface area contributed by atoms with Gasteiger partial charge in [0, 0.05) is 16.2 Å². The molecule has 0 aliphatic rings. The predicted molar refractivity (Wildman–Crippen MR) is 77.7 cm³/mol. The van der Waals surface area contributed by atoms with Crippen molar-refractivity contribution in [3.63, 3.8) is 0 Å². The normalized spacial score (nSPS) is 11.8. The standard InChI is InChI=1S/C13H18BrN5/c1-13(2,3)17-7-12-16-9-19(18-12)8-11-5-4-10(14)6-15-11/h4-6,9,17H,7-8H2,1-3H3. The summed E-state index contributed by atoms with van der Waals surface area (Å²) >= 11 is 3.37. The van der Waals surface area contributed by atoms with Crippen LogP contribution in [0.5, 0.6) is 0 Å². The Morgan fingerprint density at radius 3 is 2.68 bits per heavy atom. The van der Waals surface area contributed by atoms with Gasteiger partial charge in [-0.2, -0.15) is 5.10 Å². The second-order valence-electron chi connectivity index (χ2n) is 5.43. The average molecular weight is 324 g/mol. The number of nitrogens with one attached hydrogen (secondary N) is 1. The van der Waals surface area contributed by atoms with E-state index in [9.17, 15) is 0 Å². The molecule has 0 saturated carbocycles. The topological polar surface area (TPSA) is 55.6 Å². The van der Waals surface area contributed by atoms with Gasteiger partial charge in [-0.3, -0.25) is 4.98 Å². The summed E-state index contributed by atoms with van der Waals surface area (Å²) in [6, 6.07) is 3.94. The molecule has 0 aliphatic heterocycles.